The summed E-state index contributed by atoms with van der Waals surface area (Å²) in [6, 6.07) is 59.1. The van der Waals surface area contributed by atoms with Crippen LogP contribution in [-0.4, -0.2) is 0 Å². The summed E-state index contributed by atoms with van der Waals surface area (Å²) >= 11 is 0. The lowest BCUT2D eigenvalue weighted by molar-refractivity contribution is 1.79. The van der Waals surface area contributed by atoms with Crippen molar-refractivity contribution >= 4 is 108 Å². The van der Waals surface area contributed by atoms with Crippen LogP contribution in [0.15, 0.2) is 158 Å². The van der Waals surface area contributed by atoms with Gasteiger partial charge in [0.2, 0.25) is 0 Å². The fourth-order valence-corrected chi connectivity index (χ4v) is 8.48. The minimum Gasteiger partial charge on any atom is -0.0616 e. The Balaban J connectivity index is 1.15. The smallest absolute Gasteiger partial charge is 0.00987 e. The molecule has 0 fully saturated rings. The Morgan fingerprint density at radius 2 is 0.304 bits per heavy atom. The standard InChI is InChI=1S/C46H26/c1-3-7-29-27(5-1)9-11-33-31(29)13-15-37-35(33)17-19-41-39(37)21-23-45-43(41)25-26-44-42-20-18-36-34-12-10-28-6-2-4-8-30(28)32(34)14-16-38(36)40(42)22-24-46(44)45/h1-26H. The Labute approximate surface area is 264 Å². The fraction of sp³-hybridized carbons (Fsp3) is 0. The molecule has 0 heterocycles. The maximum Gasteiger partial charge on any atom is -0.00987 e. The summed E-state index contributed by atoms with van der Waals surface area (Å²) in [5.41, 5.74) is 0. The monoisotopic (exact) mass is 578 g/mol. The topological polar surface area (TPSA) is 0 Å². The van der Waals surface area contributed by atoms with Gasteiger partial charge in [-0.2, -0.15) is 0 Å². The number of fused-ring (bicyclic) bond motifs is 19. The fourth-order valence-electron chi connectivity index (χ4n) is 8.48. The molecule has 0 nitrogen and oxygen atoms in total. The average molecular weight is 579 g/mol. The summed E-state index contributed by atoms with van der Waals surface area (Å²) in [5.74, 6) is 0. The third kappa shape index (κ3) is 3.13. The highest BCUT2D eigenvalue weighted by Crippen LogP contribution is 2.41. The molecule has 0 saturated carbocycles. The van der Waals surface area contributed by atoms with Gasteiger partial charge in [0, 0.05) is 0 Å². The molecular weight excluding hydrogens is 553 g/mol. The van der Waals surface area contributed by atoms with Crippen LogP contribution >= 0.6 is 0 Å². The third-order valence-corrected chi connectivity index (χ3v) is 10.6. The molecule has 0 spiro atoms. The van der Waals surface area contributed by atoms with Gasteiger partial charge in [-0.05, 0) is 108 Å². The van der Waals surface area contributed by atoms with Crippen LogP contribution in [-0.2, 0) is 0 Å². The summed E-state index contributed by atoms with van der Waals surface area (Å²) < 4.78 is 0. The molecule has 0 aliphatic heterocycles. The van der Waals surface area contributed by atoms with E-state index in [0.717, 1.165) is 0 Å². The highest BCUT2D eigenvalue weighted by molar-refractivity contribution is 6.30. The zero-order valence-electron chi connectivity index (χ0n) is 25.0. The van der Waals surface area contributed by atoms with Crippen LogP contribution in [0, 0.1) is 0 Å². The first-order valence-electron chi connectivity index (χ1n) is 16.1. The molecule has 210 valence electrons. The molecule has 0 aliphatic rings. The van der Waals surface area contributed by atoms with E-state index < -0.39 is 0 Å². The average Bonchev–Trinajstić information content (AvgIpc) is 3.13. The molecule has 0 N–H and O–H groups in total. The summed E-state index contributed by atoms with van der Waals surface area (Å²) in [5, 5.41) is 26.2. The van der Waals surface area contributed by atoms with Gasteiger partial charge < -0.3 is 0 Å². The molecule has 0 saturated heterocycles. The van der Waals surface area contributed by atoms with Crippen LogP contribution in [0.4, 0.5) is 0 Å². The van der Waals surface area contributed by atoms with E-state index in [1.165, 1.54) is 108 Å². The molecule has 0 bridgehead atoms. The first-order chi connectivity index (χ1) is 22.8. The van der Waals surface area contributed by atoms with E-state index in [4.69, 9.17) is 0 Å². The summed E-state index contributed by atoms with van der Waals surface area (Å²) in [6.07, 6.45) is 0. The quantitative estimate of drug-likeness (QED) is 0.157. The van der Waals surface area contributed by atoms with Crippen molar-refractivity contribution in [3.8, 4) is 0 Å². The molecule has 46 heavy (non-hydrogen) atoms. The largest absolute Gasteiger partial charge is 0.0616 e. The lowest BCUT2D eigenvalue weighted by Crippen LogP contribution is -1.86. The van der Waals surface area contributed by atoms with Crippen molar-refractivity contribution in [3.05, 3.63) is 158 Å². The van der Waals surface area contributed by atoms with Crippen molar-refractivity contribution in [2.24, 2.45) is 0 Å². The number of hydrogen-bond acceptors (Lipinski definition) is 0. The molecule has 0 radical (unpaired) electrons. The van der Waals surface area contributed by atoms with Crippen molar-refractivity contribution in [2.75, 3.05) is 0 Å². The van der Waals surface area contributed by atoms with E-state index in [2.05, 4.69) is 158 Å². The molecule has 0 heteroatoms. The van der Waals surface area contributed by atoms with Crippen molar-refractivity contribution in [1.82, 2.24) is 0 Å². The number of rotatable bonds is 0. The van der Waals surface area contributed by atoms with Crippen molar-refractivity contribution in [2.45, 2.75) is 0 Å². The maximum absolute atomic E-state index is 2.34. The van der Waals surface area contributed by atoms with Gasteiger partial charge in [-0.15, -0.1) is 0 Å². The predicted molar refractivity (Wildman–Crippen MR) is 202 cm³/mol. The SMILES string of the molecule is c1ccc2c(c1)ccc1c2ccc2c1ccc1c2ccc2c1ccc1c3ccc4c5ccc6ccccc6c5ccc4c3ccc12. The van der Waals surface area contributed by atoms with Crippen molar-refractivity contribution in [3.63, 3.8) is 0 Å². The number of benzene rings is 11. The van der Waals surface area contributed by atoms with Crippen LogP contribution in [0.1, 0.15) is 0 Å². The van der Waals surface area contributed by atoms with E-state index in [0.29, 0.717) is 0 Å². The second-order valence-electron chi connectivity index (χ2n) is 12.8. The van der Waals surface area contributed by atoms with E-state index >= 15 is 0 Å². The Bertz CT molecular complexity index is 2910. The van der Waals surface area contributed by atoms with E-state index in [9.17, 15) is 0 Å². The summed E-state index contributed by atoms with van der Waals surface area (Å²) in [4.78, 5) is 0. The first kappa shape index (κ1) is 24.4. The van der Waals surface area contributed by atoms with E-state index in [1.807, 2.05) is 0 Å². The second-order valence-corrected chi connectivity index (χ2v) is 12.8. The van der Waals surface area contributed by atoms with Gasteiger partial charge in [-0.25, -0.2) is 0 Å². The molecule has 0 aromatic heterocycles. The Hall–Kier alpha value is -5.98. The van der Waals surface area contributed by atoms with Gasteiger partial charge in [0.25, 0.3) is 0 Å². The van der Waals surface area contributed by atoms with Gasteiger partial charge in [-0.1, -0.05) is 158 Å². The van der Waals surface area contributed by atoms with Crippen LogP contribution in [0.5, 0.6) is 0 Å². The molecule has 11 aromatic carbocycles. The van der Waals surface area contributed by atoms with Crippen molar-refractivity contribution < 1.29 is 0 Å². The van der Waals surface area contributed by atoms with Gasteiger partial charge >= 0.3 is 0 Å². The van der Waals surface area contributed by atoms with E-state index in [-0.39, 0.29) is 0 Å². The van der Waals surface area contributed by atoms with Crippen LogP contribution in [0.2, 0.25) is 0 Å². The zero-order chi connectivity index (χ0) is 29.9. The number of hydrogen-bond donors (Lipinski definition) is 0. The van der Waals surface area contributed by atoms with Crippen molar-refractivity contribution in [1.29, 1.82) is 0 Å². The minimum absolute atomic E-state index is 1.29. The summed E-state index contributed by atoms with van der Waals surface area (Å²) in [7, 11) is 0. The normalized spacial score (nSPS) is 12.3. The molecule has 0 atom stereocenters. The molecule has 0 amide bonds. The highest BCUT2D eigenvalue weighted by atomic mass is 14.2. The summed E-state index contributed by atoms with van der Waals surface area (Å²) in [6.45, 7) is 0. The predicted octanol–water partition coefficient (Wildman–Crippen LogP) is 13.2. The minimum atomic E-state index is 1.29. The Morgan fingerprint density at radius 3 is 0.543 bits per heavy atom. The first-order valence-corrected chi connectivity index (χ1v) is 16.1. The lowest BCUT2D eigenvalue weighted by atomic mass is 9.89. The van der Waals surface area contributed by atoms with Gasteiger partial charge in [0.1, 0.15) is 0 Å². The highest BCUT2D eigenvalue weighted by Gasteiger charge is 2.13. The molecule has 11 aromatic rings. The van der Waals surface area contributed by atoms with Crippen LogP contribution in [0.25, 0.3) is 108 Å². The van der Waals surface area contributed by atoms with Gasteiger partial charge in [-0.3, -0.25) is 0 Å². The Kier molecular flexibility index (Phi) is 4.66. The Morgan fingerprint density at radius 1 is 0.130 bits per heavy atom. The molecular formula is C46H26. The van der Waals surface area contributed by atoms with E-state index in [1.54, 1.807) is 0 Å². The maximum atomic E-state index is 2.34. The molecule has 0 aliphatic carbocycles. The van der Waals surface area contributed by atoms with Crippen LogP contribution < -0.4 is 0 Å². The second kappa shape index (κ2) is 8.81. The van der Waals surface area contributed by atoms with Crippen LogP contribution in [0.3, 0.4) is 0 Å². The van der Waals surface area contributed by atoms with Gasteiger partial charge in [0.05, 0.1) is 0 Å². The third-order valence-electron chi connectivity index (χ3n) is 10.6. The molecule has 11 rings (SSSR count). The zero-order valence-corrected chi connectivity index (χ0v) is 25.0. The van der Waals surface area contributed by atoms with Gasteiger partial charge in [0.15, 0.2) is 0 Å². The lowest BCUT2D eigenvalue weighted by Gasteiger charge is -2.14. The molecule has 0 unspecified atom stereocenters.